The fraction of sp³-hybridized carbons (Fsp3) is 0.294. The topological polar surface area (TPSA) is 0 Å². The van der Waals surface area contributed by atoms with Crippen LogP contribution in [-0.4, -0.2) is 0 Å². The molecule has 0 spiro atoms. The van der Waals surface area contributed by atoms with E-state index in [1.165, 1.54) is 5.56 Å². The van der Waals surface area contributed by atoms with Gasteiger partial charge in [-0.3, -0.25) is 0 Å². The van der Waals surface area contributed by atoms with Crippen molar-refractivity contribution in [3.8, 4) is 0 Å². The molecule has 0 radical (unpaired) electrons. The molecule has 0 N–H and O–H groups in total. The maximum Gasteiger partial charge on any atom is 0.0838 e. The first-order valence-electron chi connectivity index (χ1n) is 6.49. The fourth-order valence-corrected chi connectivity index (χ4v) is 2.67. The third-order valence-electron chi connectivity index (χ3n) is 3.41. The Morgan fingerprint density at radius 2 is 1.47 bits per heavy atom. The van der Waals surface area contributed by atoms with E-state index in [1.54, 1.807) is 0 Å². The van der Waals surface area contributed by atoms with Gasteiger partial charge in [-0.15, -0.1) is 11.6 Å². The molecular weight excluding hydrogens is 275 g/mol. The highest BCUT2D eigenvalue weighted by Crippen LogP contribution is 2.33. The van der Waals surface area contributed by atoms with Crippen LogP contribution in [0.4, 0.5) is 0 Å². The Bertz CT molecular complexity index is 556. The van der Waals surface area contributed by atoms with Gasteiger partial charge in [-0.25, -0.2) is 0 Å². The summed E-state index contributed by atoms with van der Waals surface area (Å²) < 4.78 is 0. The fourth-order valence-electron chi connectivity index (χ4n) is 2.11. The zero-order valence-electron chi connectivity index (χ0n) is 11.5. The Balaban J connectivity index is 2.33. The van der Waals surface area contributed by atoms with E-state index >= 15 is 0 Å². The van der Waals surface area contributed by atoms with Crippen LogP contribution in [0.15, 0.2) is 42.5 Å². The summed E-state index contributed by atoms with van der Waals surface area (Å²) in [7, 11) is 0. The van der Waals surface area contributed by atoms with E-state index in [1.807, 2.05) is 18.2 Å². The molecule has 2 aromatic carbocycles. The molecule has 2 rings (SSSR count). The molecule has 0 fully saturated rings. The van der Waals surface area contributed by atoms with Gasteiger partial charge in [0.25, 0.3) is 0 Å². The van der Waals surface area contributed by atoms with Gasteiger partial charge in [-0.1, -0.05) is 55.8 Å². The van der Waals surface area contributed by atoms with Crippen LogP contribution in [0.3, 0.4) is 0 Å². The number of hydrogen-bond acceptors (Lipinski definition) is 0. The van der Waals surface area contributed by atoms with Crippen molar-refractivity contribution in [2.45, 2.75) is 32.1 Å². The van der Waals surface area contributed by atoms with Crippen LogP contribution in [0.5, 0.6) is 0 Å². The number of aryl methyl sites for hydroxylation is 1. The molecule has 0 aliphatic rings. The summed E-state index contributed by atoms with van der Waals surface area (Å²) in [4.78, 5) is 0. The quantitative estimate of drug-likeness (QED) is 0.600. The van der Waals surface area contributed by atoms with Crippen molar-refractivity contribution in [2.24, 2.45) is 0 Å². The average molecular weight is 293 g/mol. The normalized spacial score (nSPS) is 12.7. The molecule has 19 heavy (non-hydrogen) atoms. The predicted molar refractivity (Wildman–Crippen MR) is 84.4 cm³/mol. The molecule has 1 unspecified atom stereocenters. The molecule has 0 saturated carbocycles. The van der Waals surface area contributed by atoms with Gasteiger partial charge in [0, 0.05) is 5.02 Å². The van der Waals surface area contributed by atoms with Crippen LogP contribution in [0, 0.1) is 6.92 Å². The Kier molecular flexibility index (Phi) is 4.54. The lowest BCUT2D eigenvalue weighted by molar-refractivity contribution is 0.865. The SMILES string of the molecule is Cc1ccc(Cl)cc1C(Cl)c1ccc(C(C)C)cc1. The van der Waals surface area contributed by atoms with E-state index in [0.29, 0.717) is 5.92 Å². The first kappa shape index (κ1) is 14.4. The van der Waals surface area contributed by atoms with Gasteiger partial charge in [0.15, 0.2) is 0 Å². The van der Waals surface area contributed by atoms with Crippen LogP contribution in [0.1, 0.15) is 47.4 Å². The molecule has 0 heterocycles. The number of rotatable bonds is 3. The summed E-state index contributed by atoms with van der Waals surface area (Å²) in [6.07, 6.45) is 0. The van der Waals surface area contributed by atoms with Crippen LogP contribution in [0.25, 0.3) is 0 Å². The van der Waals surface area contributed by atoms with E-state index in [0.717, 1.165) is 21.7 Å². The number of halogens is 2. The van der Waals surface area contributed by atoms with Gasteiger partial charge < -0.3 is 0 Å². The van der Waals surface area contributed by atoms with E-state index < -0.39 is 0 Å². The van der Waals surface area contributed by atoms with Crippen molar-refractivity contribution in [1.29, 1.82) is 0 Å². The Hall–Kier alpha value is -0.980. The smallest absolute Gasteiger partial charge is 0.0838 e. The highest BCUT2D eigenvalue weighted by molar-refractivity contribution is 6.31. The highest BCUT2D eigenvalue weighted by Gasteiger charge is 2.14. The van der Waals surface area contributed by atoms with E-state index in [2.05, 4.69) is 45.0 Å². The number of benzene rings is 2. The Morgan fingerprint density at radius 3 is 2.05 bits per heavy atom. The largest absolute Gasteiger partial charge is 0.113 e. The van der Waals surface area contributed by atoms with Crippen molar-refractivity contribution >= 4 is 23.2 Å². The zero-order chi connectivity index (χ0) is 14.0. The molecular formula is C17H18Cl2. The maximum absolute atomic E-state index is 6.58. The second-order valence-electron chi connectivity index (χ2n) is 5.18. The minimum absolute atomic E-state index is 0.153. The summed E-state index contributed by atoms with van der Waals surface area (Å²) in [5.41, 5.74) is 4.68. The molecule has 2 aromatic rings. The van der Waals surface area contributed by atoms with Gasteiger partial charge in [0.1, 0.15) is 0 Å². The molecule has 0 bridgehead atoms. The summed E-state index contributed by atoms with van der Waals surface area (Å²) in [6.45, 7) is 6.44. The second-order valence-corrected chi connectivity index (χ2v) is 6.06. The summed E-state index contributed by atoms with van der Waals surface area (Å²) >= 11 is 12.6. The molecule has 100 valence electrons. The van der Waals surface area contributed by atoms with Crippen LogP contribution in [-0.2, 0) is 0 Å². The Labute approximate surface area is 125 Å². The minimum atomic E-state index is -0.153. The van der Waals surface area contributed by atoms with Crippen LogP contribution >= 0.6 is 23.2 Å². The summed E-state index contributed by atoms with van der Waals surface area (Å²) in [5, 5.41) is 0.574. The number of alkyl halides is 1. The van der Waals surface area contributed by atoms with Gasteiger partial charge in [-0.2, -0.15) is 0 Å². The third kappa shape index (κ3) is 3.32. The first-order chi connectivity index (χ1) is 8.99. The van der Waals surface area contributed by atoms with E-state index in [9.17, 15) is 0 Å². The molecule has 0 saturated heterocycles. The van der Waals surface area contributed by atoms with Crippen molar-refractivity contribution in [2.75, 3.05) is 0 Å². The summed E-state index contributed by atoms with van der Waals surface area (Å²) in [5.74, 6) is 0.538. The van der Waals surface area contributed by atoms with Crippen LogP contribution < -0.4 is 0 Å². The molecule has 0 aromatic heterocycles. The lowest BCUT2D eigenvalue weighted by Gasteiger charge is -2.15. The molecule has 1 atom stereocenters. The molecule has 0 nitrogen and oxygen atoms in total. The van der Waals surface area contributed by atoms with E-state index in [4.69, 9.17) is 23.2 Å². The maximum atomic E-state index is 6.58. The lowest BCUT2D eigenvalue weighted by Crippen LogP contribution is -1.97. The van der Waals surface area contributed by atoms with Crippen molar-refractivity contribution < 1.29 is 0 Å². The molecule has 0 aliphatic carbocycles. The van der Waals surface area contributed by atoms with Crippen molar-refractivity contribution in [1.82, 2.24) is 0 Å². The van der Waals surface area contributed by atoms with Gasteiger partial charge in [-0.05, 0) is 47.2 Å². The monoisotopic (exact) mass is 292 g/mol. The first-order valence-corrected chi connectivity index (χ1v) is 7.30. The number of hydrogen-bond donors (Lipinski definition) is 0. The van der Waals surface area contributed by atoms with Gasteiger partial charge in [0.05, 0.1) is 5.38 Å². The van der Waals surface area contributed by atoms with Crippen molar-refractivity contribution in [3.63, 3.8) is 0 Å². The lowest BCUT2D eigenvalue weighted by atomic mass is 9.97. The molecule has 2 heteroatoms. The zero-order valence-corrected chi connectivity index (χ0v) is 13.0. The minimum Gasteiger partial charge on any atom is -0.113 e. The van der Waals surface area contributed by atoms with Crippen molar-refractivity contribution in [3.05, 3.63) is 69.7 Å². The average Bonchev–Trinajstić information content (AvgIpc) is 2.41. The molecule has 0 aliphatic heterocycles. The third-order valence-corrected chi connectivity index (χ3v) is 4.13. The predicted octanol–water partition coefficient (Wildman–Crippen LogP) is 6.10. The van der Waals surface area contributed by atoms with Gasteiger partial charge >= 0.3 is 0 Å². The second kappa shape index (κ2) is 5.98. The molecule has 0 amide bonds. The highest BCUT2D eigenvalue weighted by atomic mass is 35.5. The van der Waals surface area contributed by atoms with E-state index in [-0.39, 0.29) is 5.38 Å². The summed E-state index contributed by atoms with van der Waals surface area (Å²) in [6, 6.07) is 14.4. The Morgan fingerprint density at radius 1 is 0.895 bits per heavy atom. The van der Waals surface area contributed by atoms with Gasteiger partial charge in [0.2, 0.25) is 0 Å². The standard InChI is InChI=1S/C17H18Cl2/c1-11(2)13-5-7-14(8-6-13)17(19)16-10-15(18)9-4-12(16)3/h4-11,17H,1-3H3. The van der Waals surface area contributed by atoms with Crippen LogP contribution in [0.2, 0.25) is 5.02 Å².